The number of aromatic nitrogens is 4. The summed E-state index contributed by atoms with van der Waals surface area (Å²) in [5, 5.41) is 9.44. The van der Waals surface area contributed by atoms with Gasteiger partial charge in [-0.1, -0.05) is 13.0 Å². The predicted molar refractivity (Wildman–Crippen MR) is 179 cm³/mol. The van der Waals surface area contributed by atoms with Gasteiger partial charge in [0.2, 0.25) is 5.91 Å². The maximum Gasteiger partial charge on any atom is 0.329 e. The Morgan fingerprint density at radius 2 is 1.76 bits per heavy atom. The smallest absolute Gasteiger partial charge is 0.329 e. The number of rotatable bonds is 17. The molecule has 0 saturated carbocycles. The summed E-state index contributed by atoms with van der Waals surface area (Å²) in [6.07, 6.45) is 7.65. The number of pyridine rings is 2. The van der Waals surface area contributed by atoms with Crippen LogP contribution in [0.4, 0.5) is 11.6 Å². The summed E-state index contributed by atoms with van der Waals surface area (Å²) >= 11 is 0. The number of anilines is 2. The van der Waals surface area contributed by atoms with Gasteiger partial charge >= 0.3 is 5.97 Å². The Morgan fingerprint density at radius 3 is 2.42 bits per heavy atom. The first-order chi connectivity index (χ1) is 21.5. The minimum Gasteiger partial charge on any atom is -0.458 e. The van der Waals surface area contributed by atoms with E-state index in [9.17, 15) is 9.59 Å². The molecule has 0 aromatic carbocycles. The van der Waals surface area contributed by atoms with Crippen molar-refractivity contribution in [2.45, 2.75) is 85.3 Å². The van der Waals surface area contributed by atoms with Crippen molar-refractivity contribution in [2.75, 3.05) is 43.9 Å². The molecule has 0 aliphatic carbocycles. The molecule has 0 spiro atoms. The molecule has 244 valence electrons. The third kappa shape index (κ3) is 12.4. The van der Waals surface area contributed by atoms with Gasteiger partial charge in [0, 0.05) is 69.0 Å². The summed E-state index contributed by atoms with van der Waals surface area (Å²) in [4.78, 5) is 45.4. The lowest BCUT2D eigenvalue weighted by atomic mass is 10.1. The van der Waals surface area contributed by atoms with Crippen LogP contribution in [0.15, 0.2) is 42.7 Å². The number of nitrogens with one attached hydrogen (secondary N) is 3. The molecule has 3 heterocycles. The molecule has 0 aliphatic rings. The Labute approximate surface area is 268 Å². The number of hydrogen-bond acceptors (Lipinski definition) is 10. The first-order valence-corrected chi connectivity index (χ1v) is 15.9. The van der Waals surface area contributed by atoms with Gasteiger partial charge in [0.05, 0.1) is 0 Å². The molecule has 1 unspecified atom stereocenters. The minimum atomic E-state index is -0.636. The Morgan fingerprint density at radius 1 is 1.00 bits per heavy atom. The molecule has 45 heavy (non-hydrogen) atoms. The molecule has 11 nitrogen and oxygen atoms in total. The van der Waals surface area contributed by atoms with Crippen LogP contribution < -0.4 is 16.0 Å². The standard InChI is InChI=1S/C34H50N8O3/c1-8-26-12-13-28(39-31(26)35-7)11-9-10-20-42(22-19-37-25(3)43)21-16-29(33(44)45-34(4,5)6)40-30-23-24(2)38-32(41-30)27-14-17-36-18-15-27/h12-15,17-18,23,29H,8-11,16,19-22H2,1-7H3,(H,35,39)(H,37,43)(H,38,40,41). The van der Waals surface area contributed by atoms with Crippen molar-refractivity contribution in [1.82, 2.24) is 30.2 Å². The Hall–Kier alpha value is -4.12. The minimum absolute atomic E-state index is 0.0608. The van der Waals surface area contributed by atoms with Gasteiger partial charge in [-0.3, -0.25) is 9.78 Å². The summed E-state index contributed by atoms with van der Waals surface area (Å²) in [6, 6.07) is 9.17. The van der Waals surface area contributed by atoms with Crippen molar-refractivity contribution in [1.29, 1.82) is 0 Å². The molecule has 1 atom stereocenters. The molecular weight excluding hydrogens is 568 g/mol. The lowest BCUT2D eigenvalue weighted by Crippen LogP contribution is -2.41. The van der Waals surface area contributed by atoms with Crippen molar-refractivity contribution >= 4 is 23.5 Å². The van der Waals surface area contributed by atoms with Crippen LogP contribution in [0.5, 0.6) is 0 Å². The molecule has 0 fully saturated rings. The number of hydrogen-bond donors (Lipinski definition) is 3. The van der Waals surface area contributed by atoms with Crippen molar-refractivity contribution in [3.8, 4) is 11.4 Å². The highest BCUT2D eigenvalue weighted by Gasteiger charge is 2.26. The fourth-order valence-corrected chi connectivity index (χ4v) is 4.92. The largest absolute Gasteiger partial charge is 0.458 e. The SMILES string of the molecule is CCc1ccc(CCCCN(CCNC(C)=O)CCC(Nc2cc(C)nc(-c3ccncc3)n2)C(=O)OC(C)(C)C)nc1NC. The van der Waals surface area contributed by atoms with Crippen LogP contribution in [0.3, 0.4) is 0 Å². The number of amides is 1. The quantitative estimate of drug-likeness (QED) is 0.143. The molecule has 0 saturated heterocycles. The summed E-state index contributed by atoms with van der Waals surface area (Å²) in [6.45, 7) is 13.8. The Kier molecular flexibility index (Phi) is 13.7. The van der Waals surface area contributed by atoms with Crippen molar-refractivity contribution in [3.05, 3.63) is 59.7 Å². The van der Waals surface area contributed by atoms with E-state index in [1.165, 1.54) is 12.5 Å². The number of nitrogens with zero attached hydrogens (tertiary/aromatic N) is 5. The normalized spacial score (nSPS) is 12.1. The summed E-state index contributed by atoms with van der Waals surface area (Å²) in [5.74, 6) is 1.65. The van der Waals surface area contributed by atoms with Crippen molar-refractivity contribution in [3.63, 3.8) is 0 Å². The van der Waals surface area contributed by atoms with Crippen molar-refractivity contribution in [2.24, 2.45) is 0 Å². The van der Waals surface area contributed by atoms with Gasteiger partial charge in [-0.25, -0.2) is 19.7 Å². The van der Waals surface area contributed by atoms with E-state index >= 15 is 0 Å². The molecule has 3 aromatic heterocycles. The monoisotopic (exact) mass is 618 g/mol. The van der Waals surface area contributed by atoms with Crippen LogP contribution in [0.25, 0.3) is 11.4 Å². The number of unbranched alkanes of at least 4 members (excludes halogenated alkanes) is 1. The highest BCUT2D eigenvalue weighted by Crippen LogP contribution is 2.20. The average Bonchev–Trinajstić information content (AvgIpc) is 2.99. The summed E-state index contributed by atoms with van der Waals surface area (Å²) < 4.78 is 5.80. The number of ether oxygens (including phenoxy) is 1. The van der Waals surface area contributed by atoms with E-state index in [1.54, 1.807) is 12.4 Å². The zero-order valence-corrected chi connectivity index (χ0v) is 27.9. The first-order valence-electron chi connectivity index (χ1n) is 15.9. The van der Waals surface area contributed by atoms with E-state index in [-0.39, 0.29) is 11.9 Å². The number of carbonyl (C=O) groups excluding carboxylic acids is 2. The highest BCUT2D eigenvalue weighted by atomic mass is 16.6. The maximum absolute atomic E-state index is 13.4. The van der Waals surface area contributed by atoms with Crippen LogP contribution in [0.2, 0.25) is 0 Å². The molecule has 3 rings (SSSR count). The van der Waals surface area contributed by atoms with E-state index in [0.717, 1.165) is 55.0 Å². The third-order valence-electron chi connectivity index (χ3n) is 7.15. The second-order valence-corrected chi connectivity index (χ2v) is 12.2. The van der Waals surface area contributed by atoms with Gasteiger partial charge in [0.25, 0.3) is 0 Å². The zero-order valence-electron chi connectivity index (χ0n) is 27.9. The molecule has 1 amide bonds. The van der Waals surface area contributed by atoms with E-state index in [1.807, 2.05) is 52.9 Å². The first kappa shape index (κ1) is 35.4. The van der Waals surface area contributed by atoms with E-state index in [2.05, 4.69) is 49.9 Å². The topological polar surface area (TPSA) is 134 Å². The van der Waals surface area contributed by atoms with Gasteiger partial charge in [-0.15, -0.1) is 0 Å². The van der Waals surface area contributed by atoms with Gasteiger partial charge in [-0.05, 0) is 90.1 Å². The number of carbonyl (C=O) groups is 2. The molecule has 3 N–H and O–H groups in total. The van der Waals surface area contributed by atoms with E-state index in [4.69, 9.17) is 14.7 Å². The summed E-state index contributed by atoms with van der Waals surface area (Å²) in [5.41, 5.74) is 3.27. The third-order valence-corrected chi connectivity index (χ3v) is 7.15. The van der Waals surface area contributed by atoms with E-state index in [0.29, 0.717) is 37.7 Å². The van der Waals surface area contributed by atoms with Crippen molar-refractivity contribution < 1.29 is 14.3 Å². The van der Waals surface area contributed by atoms with Crippen LogP contribution >= 0.6 is 0 Å². The fourth-order valence-electron chi connectivity index (χ4n) is 4.92. The lowest BCUT2D eigenvalue weighted by Gasteiger charge is -2.28. The van der Waals surface area contributed by atoms with Gasteiger partial charge < -0.3 is 25.6 Å². The van der Waals surface area contributed by atoms with Crippen LogP contribution in [-0.4, -0.2) is 81.6 Å². The second-order valence-electron chi connectivity index (χ2n) is 12.2. The fraction of sp³-hybridized carbons (Fsp3) is 0.529. The van der Waals surface area contributed by atoms with Gasteiger partial charge in [-0.2, -0.15) is 0 Å². The Balaban J connectivity index is 1.70. The number of esters is 1. The molecule has 3 aromatic rings. The average molecular weight is 619 g/mol. The van der Waals surface area contributed by atoms with Gasteiger partial charge in [0.1, 0.15) is 23.3 Å². The van der Waals surface area contributed by atoms with Crippen LogP contribution in [-0.2, 0) is 27.2 Å². The molecule has 0 radical (unpaired) electrons. The van der Waals surface area contributed by atoms with Crippen LogP contribution in [0, 0.1) is 6.92 Å². The second kappa shape index (κ2) is 17.4. The molecule has 0 aliphatic heterocycles. The van der Waals surface area contributed by atoms with E-state index < -0.39 is 11.6 Å². The maximum atomic E-state index is 13.4. The zero-order chi connectivity index (χ0) is 32.8. The molecule has 11 heteroatoms. The highest BCUT2D eigenvalue weighted by molar-refractivity contribution is 5.79. The summed E-state index contributed by atoms with van der Waals surface area (Å²) in [7, 11) is 1.91. The Bertz CT molecular complexity index is 1380. The number of aryl methyl sites for hydroxylation is 3. The van der Waals surface area contributed by atoms with Gasteiger partial charge in [0.15, 0.2) is 5.82 Å². The van der Waals surface area contributed by atoms with Crippen LogP contribution in [0.1, 0.15) is 70.8 Å². The lowest BCUT2D eigenvalue weighted by molar-refractivity contribution is -0.156. The molecular formula is C34H50N8O3. The predicted octanol–water partition coefficient (Wildman–Crippen LogP) is 4.82. The molecule has 0 bridgehead atoms.